The molecule has 0 spiro atoms. The smallest absolute Gasteiger partial charge is 0.404 e. The van der Waals surface area contributed by atoms with Crippen molar-refractivity contribution in [1.29, 1.82) is 0 Å². The van der Waals surface area contributed by atoms with Gasteiger partial charge in [-0.3, -0.25) is 0 Å². The van der Waals surface area contributed by atoms with Crippen LogP contribution in [0.4, 0.5) is 13.2 Å². The third-order valence-corrected chi connectivity index (χ3v) is 7.94. The van der Waals surface area contributed by atoms with E-state index in [1.807, 2.05) is 24.3 Å². The zero-order valence-corrected chi connectivity index (χ0v) is 16.7. The predicted octanol–water partition coefficient (Wildman–Crippen LogP) is 4.76. The van der Waals surface area contributed by atoms with Gasteiger partial charge in [0.15, 0.2) is 0 Å². The topological polar surface area (TPSA) is 59.5 Å². The maximum absolute atomic E-state index is 12.9. The molecule has 10 heteroatoms. The van der Waals surface area contributed by atoms with E-state index < -0.39 is 27.0 Å². The van der Waals surface area contributed by atoms with Crippen LogP contribution >= 0.6 is 11.3 Å². The molecule has 2 aromatic carbocycles. The minimum Gasteiger partial charge on any atom is -0.404 e. The molecule has 1 aromatic heterocycles. The molecule has 0 unspecified atom stereocenters. The van der Waals surface area contributed by atoms with Crippen LogP contribution in [-0.2, 0) is 10.0 Å². The summed E-state index contributed by atoms with van der Waals surface area (Å²) in [6, 6.07) is 12.6. The molecule has 0 radical (unpaired) electrons. The van der Waals surface area contributed by atoms with Crippen molar-refractivity contribution in [3.05, 3.63) is 53.5 Å². The molecule has 0 amide bonds. The molecule has 3 aromatic rings. The standard InChI is InChI=1S/C19H17F3N2O3S2/c20-19(21,22)27-15-6-2-4-8-17(15)29(25,26)24-11-9-13(10-12-24)18-23-14-5-1-3-7-16(14)28-18/h1-8,13H,9-12H2. The van der Waals surface area contributed by atoms with Crippen molar-refractivity contribution in [3.8, 4) is 5.75 Å². The highest BCUT2D eigenvalue weighted by atomic mass is 32.2. The third-order valence-electron chi connectivity index (χ3n) is 4.81. The van der Waals surface area contributed by atoms with E-state index in [2.05, 4.69) is 9.72 Å². The summed E-state index contributed by atoms with van der Waals surface area (Å²) in [6.45, 7) is 0.423. The number of fused-ring (bicyclic) bond motifs is 1. The average molecular weight is 442 g/mol. The first-order valence-electron chi connectivity index (χ1n) is 8.94. The SMILES string of the molecule is O=S(=O)(c1ccccc1OC(F)(F)F)N1CCC(c2nc3ccccc3s2)CC1. The Bertz CT molecular complexity index is 1090. The number of aromatic nitrogens is 1. The van der Waals surface area contributed by atoms with E-state index in [1.165, 1.54) is 16.4 Å². The van der Waals surface area contributed by atoms with Gasteiger partial charge >= 0.3 is 6.36 Å². The van der Waals surface area contributed by atoms with Crippen molar-refractivity contribution in [2.75, 3.05) is 13.1 Å². The Hall–Kier alpha value is -2.17. The number of nitrogens with zero attached hydrogens (tertiary/aromatic N) is 2. The van der Waals surface area contributed by atoms with Crippen molar-refractivity contribution in [1.82, 2.24) is 9.29 Å². The molecule has 29 heavy (non-hydrogen) atoms. The summed E-state index contributed by atoms with van der Waals surface area (Å²) in [4.78, 5) is 4.17. The second kappa shape index (κ2) is 7.58. The van der Waals surface area contributed by atoms with Crippen molar-refractivity contribution >= 4 is 31.6 Å². The van der Waals surface area contributed by atoms with Crippen molar-refractivity contribution in [3.63, 3.8) is 0 Å². The number of rotatable bonds is 4. The van der Waals surface area contributed by atoms with E-state index in [0.717, 1.165) is 27.4 Å². The van der Waals surface area contributed by atoms with Crippen LogP contribution in [0, 0.1) is 0 Å². The number of sulfonamides is 1. The van der Waals surface area contributed by atoms with Crippen molar-refractivity contribution in [2.45, 2.75) is 30.0 Å². The van der Waals surface area contributed by atoms with Crippen molar-refractivity contribution < 1.29 is 26.3 Å². The lowest BCUT2D eigenvalue weighted by molar-refractivity contribution is -0.275. The average Bonchev–Trinajstić information content (AvgIpc) is 3.11. The molecule has 1 aliphatic rings. The minimum absolute atomic E-state index is 0.125. The molecule has 154 valence electrons. The number of halogens is 3. The van der Waals surface area contributed by atoms with Gasteiger partial charge in [-0.2, -0.15) is 4.31 Å². The minimum atomic E-state index is -4.97. The maximum atomic E-state index is 12.9. The predicted molar refractivity (Wildman–Crippen MR) is 103 cm³/mol. The summed E-state index contributed by atoms with van der Waals surface area (Å²) < 4.78 is 70.0. The Morgan fingerprint density at radius 2 is 1.69 bits per heavy atom. The van der Waals surface area contributed by atoms with E-state index in [4.69, 9.17) is 0 Å². The number of hydrogen-bond acceptors (Lipinski definition) is 5. The number of ether oxygens (including phenoxy) is 1. The van der Waals surface area contributed by atoms with Crippen LogP contribution in [0.25, 0.3) is 10.2 Å². The molecule has 1 fully saturated rings. The lowest BCUT2D eigenvalue weighted by Crippen LogP contribution is -2.38. The molecule has 4 rings (SSSR count). The summed E-state index contributed by atoms with van der Waals surface area (Å²) in [7, 11) is -4.10. The van der Waals surface area contributed by atoms with Gasteiger partial charge in [-0.25, -0.2) is 13.4 Å². The largest absolute Gasteiger partial charge is 0.573 e. The molecule has 5 nitrogen and oxygen atoms in total. The molecule has 0 bridgehead atoms. The summed E-state index contributed by atoms with van der Waals surface area (Å²) in [5.41, 5.74) is 0.917. The van der Waals surface area contributed by atoms with Gasteiger partial charge < -0.3 is 4.74 Å². The van der Waals surface area contributed by atoms with Crippen LogP contribution in [0.5, 0.6) is 5.75 Å². The second-order valence-electron chi connectivity index (χ2n) is 6.69. The third kappa shape index (κ3) is 4.24. The lowest BCUT2D eigenvalue weighted by Gasteiger charge is -2.30. The van der Waals surface area contributed by atoms with Gasteiger partial charge in [-0.05, 0) is 37.1 Å². The summed E-state index contributed by atoms with van der Waals surface area (Å²) in [5, 5.41) is 0.962. The monoisotopic (exact) mass is 442 g/mol. The first-order chi connectivity index (χ1) is 13.7. The Morgan fingerprint density at radius 3 is 2.38 bits per heavy atom. The van der Waals surface area contributed by atoms with Crippen LogP contribution in [0.15, 0.2) is 53.4 Å². The molecule has 1 saturated heterocycles. The molecule has 0 N–H and O–H groups in total. The molecule has 0 atom stereocenters. The Balaban J connectivity index is 1.52. The molecule has 0 aliphatic carbocycles. The van der Waals surface area contributed by atoms with Gasteiger partial charge in [-0.1, -0.05) is 24.3 Å². The van der Waals surface area contributed by atoms with Crippen LogP contribution in [0.2, 0.25) is 0 Å². The number of para-hydroxylation sites is 2. The van der Waals surface area contributed by atoms with E-state index in [1.54, 1.807) is 11.3 Å². The molecular weight excluding hydrogens is 425 g/mol. The number of thiazole rings is 1. The van der Waals surface area contributed by atoms with Gasteiger partial charge in [0.25, 0.3) is 0 Å². The van der Waals surface area contributed by atoms with Crippen LogP contribution in [0.1, 0.15) is 23.8 Å². The number of piperidine rings is 1. The number of alkyl halides is 3. The van der Waals surface area contributed by atoms with Gasteiger partial charge in [0.1, 0.15) is 10.6 Å². The molecular formula is C19H17F3N2O3S2. The quantitative estimate of drug-likeness (QED) is 0.584. The molecule has 2 heterocycles. The zero-order chi connectivity index (χ0) is 20.6. The van der Waals surface area contributed by atoms with Gasteiger partial charge in [0, 0.05) is 19.0 Å². The highest BCUT2D eigenvalue weighted by Crippen LogP contribution is 2.37. The summed E-state index contributed by atoms with van der Waals surface area (Å²) in [6.07, 6.45) is -3.85. The molecule has 0 saturated carbocycles. The first-order valence-corrected chi connectivity index (χ1v) is 11.2. The Morgan fingerprint density at radius 1 is 1.03 bits per heavy atom. The maximum Gasteiger partial charge on any atom is 0.573 e. The summed E-state index contributed by atoms with van der Waals surface area (Å²) in [5.74, 6) is -0.589. The van der Waals surface area contributed by atoms with Crippen LogP contribution in [-0.4, -0.2) is 37.2 Å². The first kappa shape index (κ1) is 20.1. The zero-order valence-electron chi connectivity index (χ0n) is 15.1. The van der Waals surface area contributed by atoms with E-state index in [0.29, 0.717) is 12.8 Å². The van der Waals surface area contributed by atoms with Crippen LogP contribution in [0.3, 0.4) is 0 Å². The Labute approximate surface area is 169 Å². The van der Waals surface area contributed by atoms with E-state index >= 15 is 0 Å². The normalized spacial score (nSPS) is 16.9. The highest BCUT2D eigenvalue weighted by molar-refractivity contribution is 7.89. The molecule has 1 aliphatic heterocycles. The van der Waals surface area contributed by atoms with Crippen molar-refractivity contribution in [2.24, 2.45) is 0 Å². The van der Waals surface area contributed by atoms with E-state index in [-0.39, 0.29) is 19.0 Å². The highest BCUT2D eigenvalue weighted by Gasteiger charge is 2.37. The number of hydrogen-bond donors (Lipinski definition) is 0. The van der Waals surface area contributed by atoms with Gasteiger partial charge in [0.2, 0.25) is 10.0 Å². The van der Waals surface area contributed by atoms with E-state index in [9.17, 15) is 21.6 Å². The second-order valence-corrected chi connectivity index (χ2v) is 9.66. The van der Waals surface area contributed by atoms with Gasteiger partial charge in [-0.15, -0.1) is 24.5 Å². The van der Waals surface area contributed by atoms with Gasteiger partial charge in [0.05, 0.1) is 15.2 Å². The fraction of sp³-hybridized carbons (Fsp3) is 0.316. The summed E-state index contributed by atoms with van der Waals surface area (Å²) >= 11 is 1.59. The lowest BCUT2D eigenvalue weighted by atomic mass is 9.99. The van der Waals surface area contributed by atoms with Crippen LogP contribution < -0.4 is 4.74 Å². The fourth-order valence-corrected chi connectivity index (χ4v) is 6.14. The number of benzene rings is 2. The Kier molecular flexibility index (Phi) is 5.26. The fourth-order valence-electron chi connectivity index (χ4n) is 3.42.